The molecular weight excluding hydrogens is 476 g/mol. The van der Waals surface area contributed by atoms with Crippen molar-refractivity contribution in [1.29, 1.82) is 0 Å². The van der Waals surface area contributed by atoms with Crippen LogP contribution in [0.3, 0.4) is 0 Å². The lowest BCUT2D eigenvalue weighted by Gasteiger charge is -2.33. The van der Waals surface area contributed by atoms with Crippen molar-refractivity contribution in [2.24, 2.45) is 0 Å². The fourth-order valence-electron chi connectivity index (χ4n) is 6.06. The zero-order chi connectivity index (χ0) is 27.0. The molecule has 0 aliphatic heterocycles. The number of rotatable bonds is 10. The molecule has 0 fully saturated rings. The molecule has 0 amide bonds. The zero-order valence-corrected chi connectivity index (χ0v) is 23.4. The molecule has 2 aliphatic rings. The molecule has 0 bridgehead atoms. The molecule has 2 unspecified atom stereocenters. The Balaban J connectivity index is 1.26. The average Bonchev–Trinajstić information content (AvgIpc) is 2.92. The minimum atomic E-state index is -0.165. The Morgan fingerprint density at radius 3 is 1.77 bits per heavy atom. The van der Waals surface area contributed by atoms with Gasteiger partial charge in [-0.25, -0.2) is 0 Å². The lowest BCUT2D eigenvalue weighted by atomic mass is 9.76. The van der Waals surface area contributed by atoms with Crippen LogP contribution >= 0.6 is 0 Å². The molecule has 0 N–H and O–H groups in total. The summed E-state index contributed by atoms with van der Waals surface area (Å²) in [5.41, 5.74) is 10.3. The second kappa shape index (κ2) is 10.4. The summed E-state index contributed by atoms with van der Waals surface area (Å²) in [5, 5.41) is 0. The maximum absolute atomic E-state index is 6.55. The van der Waals surface area contributed by atoms with Gasteiger partial charge in [-0.2, -0.15) is 0 Å². The molecule has 0 spiro atoms. The molecule has 39 heavy (non-hydrogen) atoms. The summed E-state index contributed by atoms with van der Waals surface area (Å²) in [4.78, 5) is 0. The van der Waals surface area contributed by atoms with Crippen molar-refractivity contribution in [1.82, 2.24) is 0 Å². The van der Waals surface area contributed by atoms with Crippen LogP contribution in [0.1, 0.15) is 83.9 Å². The molecule has 0 radical (unpaired) electrons. The van der Waals surface area contributed by atoms with E-state index < -0.39 is 0 Å². The number of hydrogen-bond acceptors (Lipinski definition) is 2. The third-order valence-corrected chi connectivity index (χ3v) is 8.60. The number of ether oxygens (including phenoxy) is 2. The molecule has 0 aromatic heterocycles. The van der Waals surface area contributed by atoms with Gasteiger partial charge in [0.05, 0.1) is 0 Å². The van der Waals surface area contributed by atoms with E-state index in [1.54, 1.807) is 0 Å². The largest absolute Gasteiger partial charge is 0.485 e. The maximum Gasteiger partial charge on any atom is 0.128 e. The standard InChI is InChI=1S/C37H38O2/c1-5-11-27-21-29(17-19-33(27)38-35-23-25-13-7-9-15-31(25)35)37(3,4)30-18-20-34(28(22-30)12-6-2)39-36-24-26-14-8-10-16-32(26)36/h5,7-10,13-22,35-36H,1,6,11-12,23-24H2,2-4H3. The minimum absolute atomic E-state index is 0.135. The van der Waals surface area contributed by atoms with Crippen molar-refractivity contribution in [2.75, 3.05) is 0 Å². The van der Waals surface area contributed by atoms with Gasteiger partial charge in [0.2, 0.25) is 0 Å². The van der Waals surface area contributed by atoms with Crippen molar-refractivity contribution in [3.8, 4) is 11.5 Å². The SMILES string of the molecule is C=CCc1cc(C(C)(C)c2ccc(OC3Cc4ccccc43)c(CCC)c2)ccc1OC1Cc2ccccc21. The summed E-state index contributed by atoms with van der Waals surface area (Å²) in [6.07, 6.45) is 7.09. The molecule has 0 saturated carbocycles. The first-order valence-electron chi connectivity index (χ1n) is 14.3. The molecule has 2 heteroatoms. The third-order valence-electron chi connectivity index (χ3n) is 8.60. The Kier molecular flexibility index (Phi) is 6.81. The van der Waals surface area contributed by atoms with Gasteiger partial charge >= 0.3 is 0 Å². The lowest BCUT2D eigenvalue weighted by molar-refractivity contribution is 0.179. The molecule has 0 saturated heterocycles. The Bertz CT molecular complexity index is 1510. The Morgan fingerprint density at radius 2 is 1.26 bits per heavy atom. The fourth-order valence-corrected chi connectivity index (χ4v) is 6.06. The highest BCUT2D eigenvalue weighted by Crippen LogP contribution is 2.42. The molecule has 2 nitrogen and oxygen atoms in total. The molecule has 4 aromatic carbocycles. The van der Waals surface area contributed by atoms with Crippen LogP contribution in [0.2, 0.25) is 0 Å². The van der Waals surface area contributed by atoms with E-state index in [4.69, 9.17) is 9.47 Å². The van der Waals surface area contributed by atoms with Gasteiger partial charge in [-0.3, -0.25) is 0 Å². The van der Waals surface area contributed by atoms with E-state index in [-0.39, 0.29) is 17.6 Å². The first-order chi connectivity index (χ1) is 19.0. The lowest BCUT2D eigenvalue weighted by Crippen LogP contribution is -2.24. The quantitative estimate of drug-likeness (QED) is 0.197. The summed E-state index contributed by atoms with van der Waals surface area (Å²) >= 11 is 0. The number of fused-ring (bicyclic) bond motifs is 2. The summed E-state index contributed by atoms with van der Waals surface area (Å²) in [5.74, 6) is 1.98. The number of benzene rings is 4. The normalized spacial score (nSPS) is 17.3. The van der Waals surface area contributed by atoms with E-state index in [9.17, 15) is 0 Å². The summed E-state index contributed by atoms with van der Waals surface area (Å²) in [7, 11) is 0. The van der Waals surface area contributed by atoms with E-state index in [1.807, 2.05) is 6.08 Å². The molecule has 198 valence electrons. The van der Waals surface area contributed by atoms with Crippen molar-refractivity contribution in [3.05, 3.63) is 142 Å². The molecule has 4 aromatic rings. The van der Waals surface area contributed by atoms with E-state index >= 15 is 0 Å². The van der Waals surface area contributed by atoms with Crippen molar-refractivity contribution in [3.63, 3.8) is 0 Å². The molecule has 2 aliphatic carbocycles. The van der Waals surface area contributed by atoms with Crippen LogP contribution < -0.4 is 9.47 Å². The summed E-state index contributed by atoms with van der Waals surface area (Å²) < 4.78 is 13.1. The van der Waals surface area contributed by atoms with Crippen molar-refractivity contribution < 1.29 is 9.47 Å². The van der Waals surface area contributed by atoms with Crippen LogP contribution in [0, 0.1) is 0 Å². The van der Waals surface area contributed by atoms with Gasteiger partial charge in [-0.1, -0.05) is 106 Å². The highest BCUT2D eigenvalue weighted by molar-refractivity contribution is 5.49. The van der Waals surface area contributed by atoms with Gasteiger partial charge in [0, 0.05) is 18.3 Å². The second-order valence-corrected chi connectivity index (χ2v) is 11.5. The summed E-state index contributed by atoms with van der Waals surface area (Å²) in [6, 6.07) is 30.7. The van der Waals surface area contributed by atoms with E-state index in [0.29, 0.717) is 0 Å². The molecule has 2 atom stereocenters. The van der Waals surface area contributed by atoms with Crippen LogP contribution in [0.4, 0.5) is 0 Å². The van der Waals surface area contributed by atoms with Crippen LogP contribution in [0.15, 0.2) is 97.6 Å². The predicted octanol–water partition coefficient (Wildman–Crippen LogP) is 9.05. The number of hydrogen-bond donors (Lipinski definition) is 0. The van der Waals surface area contributed by atoms with E-state index in [2.05, 4.69) is 112 Å². The number of aryl methyl sites for hydroxylation is 1. The van der Waals surface area contributed by atoms with E-state index in [1.165, 1.54) is 44.5 Å². The van der Waals surface area contributed by atoms with Gasteiger partial charge in [0.25, 0.3) is 0 Å². The fraction of sp³-hybridized carbons (Fsp3) is 0.297. The van der Waals surface area contributed by atoms with Gasteiger partial charge in [0.1, 0.15) is 23.7 Å². The zero-order valence-electron chi connectivity index (χ0n) is 23.4. The topological polar surface area (TPSA) is 18.5 Å². The van der Waals surface area contributed by atoms with Gasteiger partial charge < -0.3 is 9.47 Å². The molecular formula is C37H38O2. The van der Waals surface area contributed by atoms with Crippen LogP contribution in [-0.2, 0) is 31.1 Å². The number of allylic oxidation sites excluding steroid dienone is 1. The van der Waals surface area contributed by atoms with Gasteiger partial charge in [0.15, 0.2) is 0 Å². The predicted molar refractivity (Wildman–Crippen MR) is 160 cm³/mol. The minimum Gasteiger partial charge on any atom is -0.485 e. The third kappa shape index (κ3) is 4.78. The molecule has 6 rings (SSSR count). The first-order valence-corrected chi connectivity index (χ1v) is 14.3. The Morgan fingerprint density at radius 1 is 0.744 bits per heavy atom. The second-order valence-electron chi connectivity index (χ2n) is 11.5. The Labute approximate surface area is 233 Å². The van der Waals surface area contributed by atoms with Crippen LogP contribution in [-0.4, -0.2) is 0 Å². The smallest absolute Gasteiger partial charge is 0.128 e. The Hall–Kier alpha value is -3.78. The van der Waals surface area contributed by atoms with Crippen molar-refractivity contribution >= 4 is 0 Å². The molecule has 0 heterocycles. The monoisotopic (exact) mass is 514 g/mol. The van der Waals surface area contributed by atoms with E-state index in [0.717, 1.165) is 43.6 Å². The van der Waals surface area contributed by atoms with Crippen LogP contribution in [0.5, 0.6) is 11.5 Å². The van der Waals surface area contributed by atoms with Crippen LogP contribution in [0.25, 0.3) is 0 Å². The van der Waals surface area contributed by atoms with Crippen molar-refractivity contribution in [2.45, 2.75) is 70.5 Å². The van der Waals surface area contributed by atoms with Gasteiger partial charge in [-0.05, 0) is 69.5 Å². The highest BCUT2D eigenvalue weighted by atomic mass is 16.5. The maximum atomic E-state index is 6.55. The highest BCUT2D eigenvalue weighted by Gasteiger charge is 2.31. The van der Waals surface area contributed by atoms with Gasteiger partial charge in [-0.15, -0.1) is 6.58 Å². The summed E-state index contributed by atoms with van der Waals surface area (Å²) in [6.45, 7) is 10.9. The first kappa shape index (κ1) is 25.5. The average molecular weight is 515 g/mol.